The number of anilines is 1. The van der Waals surface area contributed by atoms with Gasteiger partial charge >= 0.3 is 6.18 Å². The SMILES string of the molecule is Nc1cnccc1-c1nc2ccccc2n1CC(F)(F)F. The Kier molecular flexibility index (Phi) is 3.04. The molecule has 4 nitrogen and oxygen atoms in total. The average Bonchev–Trinajstić information content (AvgIpc) is 2.76. The second kappa shape index (κ2) is 4.76. The van der Waals surface area contributed by atoms with E-state index in [0.29, 0.717) is 16.6 Å². The molecule has 0 fully saturated rings. The number of hydrogen-bond donors (Lipinski definition) is 1. The Bertz CT molecular complexity index is 792. The van der Waals surface area contributed by atoms with E-state index in [2.05, 4.69) is 9.97 Å². The van der Waals surface area contributed by atoms with Gasteiger partial charge in [0, 0.05) is 11.8 Å². The lowest BCUT2D eigenvalue weighted by Crippen LogP contribution is -2.18. The monoisotopic (exact) mass is 292 g/mol. The first-order valence-corrected chi connectivity index (χ1v) is 6.17. The molecule has 1 aromatic carbocycles. The van der Waals surface area contributed by atoms with Crippen LogP contribution in [0, 0.1) is 0 Å². The van der Waals surface area contributed by atoms with Crippen molar-refractivity contribution in [3.05, 3.63) is 42.7 Å². The summed E-state index contributed by atoms with van der Waals surface area (Å²) in [7, 11) is 0. The Labute approximate surface area is 118 Å². The molecular weight excluding hydrogens is 281 g/mol. The first kappa shape index (κ1) is 13.4. The number of fused-ring (bicyclic) bond motifs is 1. The molecule has 0 aliphatic heterocycles. The molecule has 3 aromatic rings. The van der Waals surface area contributed by atoms with Crippen LogP contribution in [0.5, 0.6) is 0 Å². The maximum absolute atomic E-state index is 12.9. The summed E-state index contributed by atoms with van der Waals surface area (Å²) in [5.41, 5.74) is 7.44. The van der Waals surface area contributed by atoms with Gasteiger partial charge in [-0.25, -0.2) is 4.98 Å². The molecule has 3 rings (SSSR count). The summed E-state index contributed by atoms with van der Waals surface area (Å²) < 4.78 is 39.7. The topological polar surface area (TPSA) is 56.7 Å². The van der Waals surface area contributed by atoms with Crippen molar-refractivity contribution >= 4 is 16.7 Å². The van der Waals surface area contributed by atoms with Crippen molar-refractivity contribution in [3.63, 3.8) is 0 Å². The minimum atomic E-state index is -4.35. The Hall–Kier alpha value is -2.57. The number of para-hydroxylation sites is 2. The standard InChI is InChI=1S/C14H11F3N4/c15-14(16,17)8-21-12-4-2-1-3-11(12)20-13(21)9-5-6-19-7-10(9)18/h1-7H,8,18H2. The van der Waals surface area contributed by atoms with Gasteiger partial charge < -0.3 is 10.3 Å². The van der Waals surface area contributed by atoms with E-state index in [9.17, 15) is 13.2 Å². The molecule has 2 N–H and O–H groups in total. The molecular formula is C14H11F3N4. The molecule has 2 heterocycles. The molecule has 0 saturated heterocycles. The lowest BCUT2D eigenvalue weighted by atomic mass is 10.2. The van der Waals surface area contributed by atoms with Crippen molar-refractivity contribution in [2.75, 3.05) is 5.73 Å². The molecule has 0 aliphatic rings. The molecule has 0 radical (unpaired) electrons. The van der Waals surface area contributed by atoms with Crippen LogP contribution < -0.4 is 5.73 Å². The Morgan fingerprint density at radius 1 is 1.14 bits per heavy atom. The number of imidazole rings is 1. The van der Waals surface area contributed by atoms with E-state index < -0.39 is 12.7 Å². The van der Waals surface area contributed by atoms with Gasteiger partial charge in [-0.3, -0.25) is 4.98 Å². The molecule has 108 valence electrons. The molecule has 0 aliphatic carbocycles. The summed E-state index contributed by atoms with van der Waals surface area (Å²) in [5.74, 6) is 0.188. The highest BCUT2D eigenvalue weighted by Gasteiger charge is 2.30. The van der Waals surface area contributed by atoms with Crippen LogP contribution in [0.15, 0.2) is 42.7 Å². The van der Waals surface area contributed by atoms with Gasteiger partial charge in [-0.2, -0.15) is 13.2 Å². The third-order valence-corrected chi connectivity index (χ3v) is 3.08. The fraction of sp³-hybridized carbons (Fsp3) is 0.143. The van der Waals surface area contributed by atoms with Crippen LogP contribution in [-0.2, 0) is 6.54 Å². The van der Waals surface area contributed by atoms with Crippen molar-refractivity contribution in [2.45, 2.75) is 12.7 Å². The van der Waals surface area contributed by atoms with Crippen LogP contribution in [0.2, 0.25) is 0 Å². The van der Waals surface area contributed by atoms with Gasteiger partial charge in [-0.05, 0) is 18.2 Å². The van der Waals surface area contributed by atoms with Crippen LogP contribution in [0.25, 0.3) is 22.4 Å². The lowest BCUT2D eigenvalue weighted by Gasteiger charge is -2.12. The second-order valence-corrected chi connectivity index (χ2v) is 4.59. The van der Waals surface area contributed by atoms with Crippen LogP contribution in [0.3, 0.4) is 0 Å². The minimum absolute atomic E-state index is 0.188. The third-order valence-electron chi connectivity index (χ3n) is 3.08. The van der Waals surface area contributed by atoms with E-state index in [1.165, 1.54) is 12.4 Å². The quantitative estimate of drug-likeness (QED) is 0.789. The van der Waals surface area contributed by atoms with Crippen molar-refractivity contribution < 1.29 is 13.2 Å². The Morgan fingerprint density at radius 2 is 1.90 bits per heavy atom. The molecule has 21 heavy (non-hydrogen) atoms. The summed E-state index contributed by atoms with van der Waals surface area (Å²) in [6.07, 6.45) is -1.48. The summed E-state index contributed by atoms with van der Waals surface area (Å²) in [5, 5.41) is 0. The molecule has 0 spiro atoms. The largest absolute Gasteiger partial charge is 0.406 e. The van der Waals surface area contributed by atoms with Gasteiger partial charge in [0.05, 0.1) is 22.9 Å². The molecule has 0 amide bonds. The van der Waals surface area contributed by atoms with Crippen LogP contribution in [0.4, 0.5) is 18.9 Å². The number of rotatable bonds is 2. The van der Waals surface area contributed by atoms with Gasteiger partial charge in [-0.1, -0.05) is 12.1 Å². The minimum Gasteiger partial charge on any atom is -0.397 e. The molecule has 0 atom stereocenters. The fourth-order valence-corrected chi connectivity index (χ4v) is 2.23. The van der Waals surface area contributed by atoms with Crippen molar-refractivity contribution in [1.29, 1.82) is 0 Å². The highest BCUT2D eigenvalue weighted by molar-refractivity contribution is 5.83. The van der Waals surface area contributed by atoms with Gasteiger partial charge in [0.1, 0.15) is 12.4 Å². The van der Waals surface area contributed by atoms with E-state index in [4.69, 9.17) is 5.73 Å². The Balaban J connectivity index is 2.27. The molecule has 7 heteroatoms. The van der Waals surface area contributed by atoms with Crippen LogP contribution in [0.1, 0.15) is 0 Å². The van der Waals surface area contributed by atoms with Gasteiger partial charge in [0.25, 0.3) is 0 Å². The molecule has 0 bridgehead atoms. The van der Waals surface area contributed by atoms with Crippen molar-refractivity contribution in [2.24, 2.45) is 0 Å². The predicted molar refractivity (Wildman–Crippen MR) is 73.4 cm³/mol. The maximum Gasteiger partial charge on any atom is 0.406 e. The first-order chi connectivity index (χ1) is 9.96. The van der Waals surface area contributed by atoms with Gasteiger partial charge in [0.15, 0.2) is 0 Å². The summed E-state index contributed by atoms with van der Waals surface area (Å²) in [6, 6.07) is 8.24. The number of pyridine rings is 1. The van der Waals surface area contributed by atoms with E-state index in [1.807, 2.05) is 0 Å². The van der Waals surface area contributed by atoms with Crippen LogP contribution in [-0.4, -0.2) is 20.7 Å². The van der Waals surface area contributed by atoms with Crippen LogP contribution >= 0.6 is 0 Å². The lowest BCUT2D eigenvalue weighted by molar-refractivity contribution is -0.139. The van der Waals surface area contributed by atoms with Gasteiger partial charge in [0.2, 0.25) is 0 Å². The number of alkyl halides is 3. The highest BCUT2D eigenvalue weighted by Crippen LogP contribution is 2.31. The summed E-state index contributed by atoms with van der Waals surface area (Å²) in [4.78, 5) is 8.13. The Morgan fingerprint density at radius 3 is 2.62 bits per heavy atom. The number of halogens is 3. The smallest absolute Gasteiger partial charge is 0.397 e. The number of benzene rings is 1. The number of nitrogens with zero attached hydrogens (tertiary/aromatic N) is 3. The normalized spacial score (nSPS) is 12.0. The van der Waals surface area contributed by atoms with E-state index in [-0.39, 0.29) is 11.5 Å². The van der Waals surface area contributed by atoms with Crippen molar-refractivity contribution in [1.82, 2.24) is 14.5 Å². The van der Waals surface area contributed by atoms with Crippen molar-refractivity contribution in [3.8, 4) is 11.4 Å². The third kappa shape index (κ3) is 2.54. The molecule has 2 aromatic heterocycles. The van der Waals surface area contributed by atoms with E-state index in [0.717, 1.165) is 4.57 Å². The maximum atomic E-state index is 12.9. The summed E-state index contributed by atoms with van der Waals surface area (Å²) in [6.45, 7) is -1.12. The number of nitrogens with two attached hydrogens (primary N) is 1. The average molecular weight is 292 g/mol. The molecule has 0 saturated carbocycles. The second-order valence-electron chi connectivity index (χ2n) is 4.59. The predicted octanol–water partition coefficient (Wildman–Crippen LogP) is 3.24. The van der Waals surface area contributed by atoms with Gasteiger partial charge in [-0.15, -0.1) is 0 Å². The number of aromatic nitrogens is 3. The highest BCUT2D eigenvalue weighted by atomic mass is 19.4. The zero-order valence-electron chi connectivity index (χ0n) is 10.8. The number of hydrogen-bond acceptors (Lipinski definition) is 3. The zero-order chi connectivity index (χ0) is 15.0. The van der Waals surface area contributed by atoms with E-state index in [1.54, 1.807) is 30.3 Å². The van der Waals surface area contributed by atoms with E-state index >= 15 is 0 Å². The zero-order valence-corrected chi connectivity index (χ0v) is 10.8. The number of nitrogen functional groups attached to an aromatic ring is 1. The fourth-order valence-electron chi connectivity index (χ4n) is 2.23. The first-order valence-electron chi connectivity index (χ1n) is 6.17. The summed E-state index contributed by atoms with van der Waals surface area (Å²) >= 11 is 0. The molecule has 0 unspecified atom stereocenters.